The van der Waals surface area contributed by atoms with Crippen LogP contribution >= 0.6 is 0 Å². The van der Waals surface area contributed by atoms with E-state index < -0.39 is 0 Å². The van der Waals surface area contributed by atoms with Crippen LogP contribution in [0.5, 0.6) is 0 Å². The number of hydrogen-bond acceptors (Lipinski definition) is 1. The molecule has 51 valence electrons. The van der Waals surface area contributed by atoms with Crippen molar-refractivity contribution in [2.75, 3.05) is 6.54 Å². The highest BCUT2D eigenvalue weighted by molar-refractivity contribution is 5.47. The molecule has 0 heterocycles. The first kappa shape index (κ1) is 8.21. The number of unbranched alkanes of at least 4 members (excludes halogenated alkanes) is 1. The van der Waals surface area contributed by atoms with Gasteiger partial charge in [0, 0.05) is 6.54 Å². The van der Waals surface area contributed by atoms with Gasteiger partial charge in [-0.05, 0) is 6.42 Å². The molecule has 0 bridgehead atoms. The van der Waals surface area contributed by atoms with Crippen LogP contribution in [-0.2, 0) is 4.79 Å². The molecule has 0 saturated heterocycles. The molecular weight excluding hydrogens is 114 g/mol. The average molecular weight is 126 g/mol. The third kappa shape index (κ3) is 7.21. The van der Waals surface area contributed by atoms with E-state index >= 15 is 0 Å². The van der Waals surface area contributed by atoms with Crippen LogP contribution < -0.4 is 5.32 Å². The highest BCUT2D eigenvalue weighted by Gasteiger charge is 1.74. The lowest BCUT2D eigenvalue weighted by Crippen LogP contribution is -2.08. The van der Waals surface area contributed by atoms with Crippen molar-refractivity contribution < 1.29 is 4.79 Å². The van der Waals surface area contributed by atoms with Gasteiger partial charge < -0.3 is 5.32 Å². The topological polar surface area (TPSA) is 29.1 Å². The van der Waals surface area contributed by atoms with Gasteiger partial charge in [-0.3, -0.25) is 4.79 Å². The van der Waals surface area contributed by atoms with E-state index in [-0.39, 0.29) is 0 Å². The minimum Gasteiger partial charge on any atom is -0.344 e. The molecule has 0 rings (SSSR count). The molecule has 1 radical (unpaired) electrons. The standard InChI is InChI=1S/C7H12NO/c1-2-3-4-5-6-8-7-9/h4-5H,2-3,6H2,1H3,(H,8,9)/b5-4+. The summed E-state index contributed by atoms with van der Waals surface area (Å²) in [6, 6.07) is 0. The van der Waals surface area contributed by atoms with Crippen molar-refractivity contribution in [3.8, 4) is 0 Å². The second-order valence-electron chi connectivity index (χ2n) is 1.74. The van der Waals surface area contributed by atoms with Crippen LogP contribution in [0, 0.1) is 0 Å². The zero-order valence-electron chi connectivity index (χ0n) is 5.68. The van der Waals surface area contributed by atoms with Gasteiger partial charge in [0.15, 0.2) is 0 Å². The summed E-state index contributed by atoms with van der Waals surface area (Å²) in [5.74, 6) is 0. The first-order valence-electron chi connectivity index (χ1n) is 3.16. The van der Waals surface area contributed by atoms with Gasteiger partial charge in [0.25, 0.3) is 0 Å². The third-order valence-electron chi connectivity index (χ3n) is 0.914. The Bertz CT molecular complexity index is 88.9. The van der Waals surface area contributed by atoms with Crippen LogP contribution in [0.4, 0.5) is 0 Å². The van der Waals surface area contributed by atoms with E-state index in [2.05, 4.69) is 12.2 Å². The van der Waals surface area contributed by atoms with Crippen molar-refractivity contribution in [3.05, 3.63) is 12.2 Å². The Hall–Kier alpha value is -0.790. The van der Waals surface area contributed by atoms with Gasteiger partial charge in [-0.15, -0.1) is 0 Å². The molecule has 0 aromatic rings. The number of amides is 1. The van der Waals surface area contributed by atoms with Gasteiger partial charge >= 0.3 is 6.41 Å². The molecule has 0 aliphatic heterocycles. The zero-order valence-corrected chi connectivity index (χ0v) is 5.68. The Morgan fingerprint density at radius 2 is 2.33 bits per heavy atom. The molecule has 0 aliphatic rings. The van der Waals surface area contributed by atoms with Crippen LogP contribution in [0.15, 0.2) is 12.2 Å². The lowest BCUT2D eigenvalue weighted by atomic mass is 10.3. The molecular formula is C7H12NO. The monoisotopic (exact) mass is 126 g/mol. The summed E-state index contributed by atoms with van der Waals surface area (Å²) in [5, 5.41) is 2.41. The maximum absolute atomic E-state index is 9.57. The van der Waals surface area contributed by atoms with Crippen molar-refractivity contribution in [1.29, 1.82) is 0 Å². The molecule has 0 atom stereocenters. The molecule has 2 nitrogen and oxygen atoms in total. The summed E-state index contributed by atoms with van der Waals surface area (Å²) < 4.78 is 0. The van der Waals surface area contributed by atoms with Crippen molar-refractivity contribution in [3.63, 3.8) is 0 Å². The maximum Gasteiger partial charge on any atom is 0.309 e. The Balaban J connectivity index is 2.94. The molecule has 1 amide bonds. The summed E-state index contributed by atoms with van der Waals surface area (Å²) >= 11 is 0. The molecule has 0 fully saturated rings. The molecule has 9 heavy (non-hydrogen) atoms. The number of carbonyl (C=O) groups excluding carboxylic acids is 1. The van der Waals surface area contributed by atoms with Gasteiger partial charge in [-0.2, -0.15) is 0 Å². The van der Waals surface area contributed by atoms with E-state index in [4.69, 9.17) is 0 Å². The SMILES string of the molecule is CCC/C=C/CN[C]=O. The Labute approximate surface area is 56.0 Å². The molecule has 0 aliphatic carbocycles. The smallest absolute Gasteiger partial charge is 0.309 e. The van der Waals surface area contributed by atoms with Crippen molar-refractivity contribution in [2.45, 2.75) is 19.8 Å². The number of nitrogens with one attached hydrogen (secondary N) is 1. The largest absolute Gasteiger partial charge is 0.344 e. The molecule has 0 aromatic carbocycles. The molecule has 0 unspecified atom stereocenters. The molecule has 2 heteroatoms. The minimum atomic E-state index is 0.601. The van der Waals surface area contributed by atoms with E-state index in [0.29, 0.717) is 6.54 Å². The van der Waals surface area contributed by atoms with E-state index in [1.165, 1.54) is 0 Å². The lowest BCUT2D eigenvalue weighted by molar-refractivity contribution is 0.546. The summed E-state index contributed by atoms with van der Waals surface area (Å²) in [6.45, 7) is 2.72. The average Bonchev–Trinajstić information content (AvgIpc) is 1.89. The summed E-state index contributed by atoms with van der Waals surface area (Å²) in [7, 11) is 0. The minimum absolute atomic E-state index is 0.601. The Morgan fingerprint density at radius 1 is 1.56 bits per heavy atom. The van der Waals surface area contributed by atoms with Gasteiger partial charge in [0.2, 0.25) is 0 Å². The predicted octanol–water partition coefficient (Wildman–Crippen LogP) is 1.000. The fourth-order valence-electron chi connectivity index (χ4n) is 0.468. The second-order valence-corrected chi connectivity index (χ2v) is 1.74. The summed E-state index contributed by atoms with van der Waals surface area (Å²) in [6.07, 6.45) is 7.80. The van der Waals surface area contributed by atoms with Crippen LogP contribution in [0.25, 0.3) is 0 Å². The van der Waals surface area contributed by atoms with E-state index in [1.54, 1.807) is 6.41 Å². The number of rotatable bonds is 5. The van der Waals surface area contributed by atoms with E-state index in [9.17, 15) is 4.79 Å². The Morgan fingerprint density at radius 3 is 2.89 bits per heavy atom. The van der Waals surface area contributed by atoms with Gasteiger partial charge in [0.05, 0.1) is 0 Å². The van der Waals surface area contributed by atoms with Crippen LogP contribution in [0.3, 0.4) is 0 Å². The first-order valence-corrected chi connectivity index (χ1v) is 3.16. The highest BCUT2D eigenvalue weighted by Crippen LogP contribution is 1.86. The third-order valence-corrected chi connectivity index (χ3v) is 0.914. The number of allylic oxidation sites excluding steroid dienone is 1. The highest BCUT2D eigenvalue weighted by atomic mass is 16.1. The van der Waals surface area contributed by atoms with Crippen LogP contribution in [-0.4, -0.2) is 13.0 Å². The van der Waals surface area contributed by atoms with Crippen molar-refractivity contribution in [2.24, 2.45) is 0 Å². The predicted molar refractivity (Wildman–Crippen MR) is 37.7 cm³/mol. The van der Waals surface area contributed by atoms with Gasteiger partial charge in [-0.25, -0.2) is 0 Å². The van der Waals surface area contributed by atoms with Crippen molar-refractivity contribution >= 4 is 6.41 Å². The normalized spacial score (nSPS) is 9.89. The van der Waals surface area contributed by atoms with Gasteiger partial charge in [-0.1, -0.05) is 25.5 Å². The van der Waals surface area contributed by atoms with Crippen LogP contribution in [0.1, 0.15) is 19.8 Å². The molecule has 0 aromatic heterocycles. The fourth-order valence-corrected chi connectivity index (χ4v) is 0.468. The first-order chi connectivity index (χ1) is 4.41. The lowest BCUT2D eigenvalue weighted by Gasteiger charge is -1.86. The quantitative estimate of drug-likeness (QED) is 0.332. The second kappa shape index (κ2) is 7.21. The summed E-state index contributed by atoms with van der Waals surface area (Å²) in [5.41, 5.74) is 0. The molecule has 0 spiro atoms. The molecule has 0 saturated carbocycles. The van der Waals surface area contributed by atoms with E-state index in [1.807, 2.05) is 12.2 Å². The van der Waals surface area contributed by atoms with Crippen molar-refractivity contribution in [1.82, 2.24) is 5.32 Å². The fraction of sp³-hybridized carbons (Fsp3) is 0.571. The van der Waals surface area contributed by atoms with Gasteiger partial charge in [0.1, 0.15) is 0 Å². The van der Waals surface area contributed by atoms with E-state index in [0.717, 1.165) is 12.8 Å². The summed E-state index contributed by atoms with van der Waals surface area (Å²) in [4.78, 5) is 9.57. The molecule has 1 N–H and O–H groups in total. The van der Waals surface area contributed by atoms with Crippen LogP contribution in [0.2, 0.25) is 0 Å². The Kier molecular flexibility index (Phi) is 6.58. The zero-order chi connectivity index (χ0) is 6.95. The maximum atomic E-state index is 9.57. The number of hydrogen-bond donors (Lipinski definition) is 1.